The lowest BCUT2D eigenvalue weighted by molar-refractivity contribution is -0.171. The van der Waals surface area contributed by atoms with Gasteiger partial charge in [0.05, 0.1) is 7.11 Å². The average molecular weight is 513 g/mol. The largest absolute Gasteiger partial charge is 0.453 e. The van der Waals surface area contributed by atoms with E-state index in [9.17, 15) is 19.2 Å². The molecule has 10 nitrogen and oxygen atoms in total. The number of unbranched alkanes of at least 4 members (excludes halogenated alkanes) is 2. The maximum Gasteiger partial charge on any atom is 0.407 e. The van der Waals surface area contributed by atoms with Gasteiger partial charge in [0.1, 0.15) is 11.2 Å². The molecule has 2 unspecified atom stereocenters. The SMILES string of the molecule is C=CC(=O)OCOC(C)(C)C(=O)CCCCCOC(C)(C)C(=O)NC1CCCC(C)(NC(=O)OC)C1. The average Bonchev–Trinajstić information content (AvgIpc) is 2.80. The molecule has 1 rings (SSSR count). The van der Waals surface area contributed by atoms with Crippen molar-refractivity contribution in [3.05, 3.63) is 12.7 Å². The number of carbonyl (C=O) groups excluding carboxylic acids is 4. The number of alkyl carbamates (subject to hydrolysis) is 1. The number of methoxy groups -OCH3 is 1. The van der Waals surface area contributed by atoms with Gasteiger partial charge in [0.2, 0.25) is 0 Å². The molecule has 1 saturated carbocycles. The molecule has 0 heterocycles. The standard InChI is InChI=1S/C26H44N2O8/c1-8-21(30)34-18-36-24(2,3)20(29)14-10-9-11-16-35-25(4,5)22(31)27-19-13-12-15-26(6,17-19)28-23(32)33-7/h8,19H,1,9-18H2,2-7H3,(H,27,31)(H,28,32). The van der Waals surface area contributed by atoms with E-state index in [1.165, 1.54) is 7.11 Å². The van der Waals surface area contributed by atoms with Crippen molar-refractivity contribution in [1.82, 2.24) is 10.6 Å². The van der Waals surface area contributed by atoms with Gasteiger partial charge in [-0.15, -0.1) is 0 Å². The van der Waals surface area contributed by atoms with Crippen LogP contribution in [0, 0.1) is 0 Å². The molecule has 1 aliphatic rings. The molecule has 0 aromatic carbocycles. The molecule has 0 saturated heterocycles. The Balaban J connectivity index is 2.33. The Kier molecular flexibility index (Phi) is 12.6. The summed E-state index contributed by atoms with van der Waals surface area (Å²) in [5.41, 5.74) is -2.49. The van der Waals surface area contributed by atoms with Crippen LogP contribution >= 0.6 is 0 Å². The summed E-state index contributed by atoms with van der Waals surface area (Å²) >= 11 is 0. The van der Waals surface area contributed by atoms with Crippen molar-refractivity contribution < 1.29 is 38.1 Å². The third kappa shape index (κ3) is 11.1. The maximum absolute atomic E-state index is 12.8. The van der Waals surface area contributed by atoms with Crippen LogP contribution < -0.4 is 10.6 Å². The van der Waals surface area contributed by atoms with E-state index >= 15 is 0 Å². The Hall–Kier alpha value is -2.46. The third-order valence-corrected chi connectivity index (χ3v) is 6.42. The lowest BCUT2D eigenvalue weighted by Gasteiger charge is -2.39. The van der Waals surface area contributed by atoms with Gasteiger partial charge >= 0.3 is 12.1 Å². The van der Waals surface area contributed by atoms with E-state index in [0.29, 0.717) is 32.3 Å². The fraction of sp³-hybridized carbons (Fsp3) is 0.769. The Labute approximate surface area is 214 Å². The van der Waals surface area contributed by atoms with Gasteiger partial charge in [-0.05, 0) is 73.1 Å². The van der Waals surface area contributed by atoms with Crippen molar-refractivity contribution in [2.45, 2.75) is 109 Å². The fourth-order valence-corrected chi connectivity index (χ4v) is 4.01. The monoisotopic (exact) mass is 512 g/mol. The van der Waals surface area contributed by atoms with Crippen LogP contribution in [0.15, 0.2) is 12.7 Å². The van der Waals surface area contributed by atoms with Gasteiger partial charge in [0.25, 0.3) is 5.91 Å². The summed E-state index contributed by atoms with van der Waals surface area (Å²) in [5.74, 6) is -0.886. The van der Waals surface area contributed by atoms with E-state index in [-0.39, 0.29) is 24.5 Å². The van der Waals surface area contributed by atoms with Crippen molar-refractivity contribution in [3.63, 3.8) is 0 Å². The number of nitrogens with one attached hydrogen (secondary N) is 2. The van der Waals surface area contributed by atoms with E-state index < -0.39 is 28.8 Å². The lowest BCUT2D eigenvalue weighted by atomic mass is 9.80. The highest BCUT2D eigenvalue weighted by molar-refractivity contribution is 5.86. The van der Waals surface area contributed by atoms with Gasteiger partial charge in [-0.2, -0.15) is 0 Å². The smallest absolute Gasteiger partial charge is 0.407 e. The van der Waals surface area contributed by atoms with Crippen LogP contribution in [0.25, 0.3) is 0 Å². The summed E-state index contributed by atoms with van der Waals surface area (Å²) in [6, 6.07) is -0.0619. The second-order valence-electron chi connectivity index (χ2n) is 10.5. The summed E-state index contributed by atoms with van der Waals surface area (Å²) in [6.07, 6.45) is 6.16. The molecule has 0 aromatic heterocycles. The molecule has 2 atom stereocenters. The Morgan fingerprint density at radius 1 is 1.06 bits per heavy atom. The van der Waals surface area contributed by atoms with E-state index in [2.05, 4.69) is 17.2 Å². The number of esters is 1. The number of hydrogen-bond donors (Lipinski definition) is 2. The van der Waals surface area contributed by atoms with Crippen molar-refractivity contribution in [2.24, 2.45) is 0 Å². The molecule has 0 spiro atoms. The summed E-state index contributed by atoms with van der Waals surface area (Å²) < 4.78 is 20.7. The zero-order valence-electron chi connectivity index (χ0n) is 22.7. The minimum atomic E-state index is -1.06. The van der Waals surface area contributed by atoms with Gasteiger partial charge in [0.15, 0.2) is 12.6 Å². The van der Waals surface area contributed by atoms with Gasteiger partial charge in [0, 0.05) is 30.7 Å². The molecular formula is C26H44N2O8. The molecule has 0 radical (unpaired) electrons. The first-order chi connectivity index (χ1) is 16.7. The quantitative estimate of drug-likeness (QED) is 0.147. The number of ether oxygens (including phenoxy) is 4. The first-order valence-electron chi connectivity index (χ1n) is 12.5. The number of hydrogen-bond acceptors (Lipinski definition) is 8. The summed E-state index contributed by atoms with van der Waals surface area (Å²) in [7, 11) is 1.33. The van der Waals surface area contributed by atoms with Crippen LogP contribution in [-0.4, -0.2) is 67.0 Å². The minimum absolute atomic E-state index is 0.0619. The summed E-state index contributed by atoms with van der Waals surface area (Å²) in [5, 5.41) is 5.94. The highest BCUT2D eigenvalue weighted by Gasteiger charge is 2.37. The lowest BCUT2D eigenvalue weighted by Crippen LogP contribution is -2.56. The van der Waals surface area contributed by atoms with Crippen LogP contribution in [0.5, 0.6) is 0 Å². The van der Waals surface area contributed by atoms with Gasteiger partial charge in [-0.25, -0.2) is 9.59 Å². The van der Waals surface area contributed by atoms with Gasteiger partial charge < -0.3 is 29.6 Å². The molecule has 2 amide bonds. The van der Waals surface area contributed by atoms with E-state index in [1.54, 1.807) is 27.7 Å². The molecule has 36 heavy (non-hydrogen) atoms. The van der Waals surface area contributed by atoms with Crippen LogP contribution in [0.3, 0.4) is 0 Å². The van der Waals surface area contributed by atoms with E-state index in [4.69, 9.17) is 18.9 Å². The number of rotatable bonds is 15. The normalized spacial score (nSPS) is 20.2. The Morgan fingerprint density at radius 2 is 1.75 bits per heavy atom. The van der Waals surface area contributed by atoms with Crippen LogP contribution in [0.4, 0.5) is 4.79 Å². The molecule has 2 N–H and O–H groups in total. The molecule has 10 heteroatoms. The van der Waals surface area contributed by atoms with Gasteiger partial charge in [-0.3, -0.25) is 9.59 Å². The second kappa shape index (κ2) is 14.3. The van der Waals surface area contributed by atoms with Crippen molar-refractivity contribution in [3.8, 4) is 0 Å². The minimum Gasteiger partial charge on any atom is -0.453 e. The van der Waals surface area contributed by atoms with Crippen molar-refractivity contribution in [1.29, 1.82) is 0 Å². The Morgan fingerprint density at radius 3 is 2.39 bits per heavy atom. The third-order valence-electron chi connectivity index (χ3n) is 6.42. The highest BCUT2D eigenvalue weighted by Crippen LogP contribution is 2.29. The topological polar surface area (TPSA) is 129 Å². The molecule has 0 aromatic rings. The van der Waals surface area contributed by atoms with Crippen LogP contribution in [0.1, 0.15) is 86.0 Å². The number of carbonyl (C=O) groups is 4. The molecular weight excluding hydrogens is 468 g/mol. The number of ketones is 1. The van der Waals surface area contributed by atoms with Crippen LogP contribution in [0.2, 0.25) is 0 Å². The number of Topliss-reactive ketones (excluding diaryl/α,β-unsaturated/α-hetero) is 1. The van der Waals surface area contributed by atoms with E-state index in [1.807, 2.05) is 6.92 Å². The fourth-order valence-electron chi connectivity index (χ4n) is 4.01. The molecule has 1 aliphatic carbocycles. The molecule has 206 valence electrons. The Bertz CT molecular complexity index is 780. The van der Waals surface area contributed by atoms with Crippen LogP contribution in [-0.2, 0) is 33.3 Å². The van der Waals surface area contributed by atoms with Gasteiger partial charge in [-0.1, -0.05) is 13.0 Å². The summed E-state index contributed by atoms with van der Waals surface area (Å²) in [4.78, 5) is 48.0. The van der Waals surface area contributed by atoms with Crippen molar-refractivity contribution in [2.75, 3.05) is 20.5 Å². The second-order valence-corrected chi connectivity index (χ2v) is 10.5. The first-order valence-corrected chi connectivity index (χ1v) is 12.5. The van der Waals surface area contributed by atoms with Crippen molar-refractivity contribution >= 4 is 23.8 Å². The maximum atomic E-state index is 12.8. The molecule has 0 bridgehead atoms. The first kappa shape index (κ1) is 31.6. The predicted molar refractivity (Wildman–Crippen MR) is 134 cm³/mol. The molecule has 1 fully saturated rings. The zero-order valence-corrected chi connectivity index (χ0v) is 22.7. The predicted octanol–water partition coefficient (Wildman–Crippen LogP) is 3.57. The number of amides is 2. The zero-order chi connectivity index (χ0) is 27.4. The summed E-state index contributed by atoms with van der Waals surface area (Å²) in [6.45, 7) is 12.1. The highest BCUT2D eigenvalue weighted by atomic mass is 16.7. The molecule has 0 aliphatic heterocycles. The van der Waals surface area contributed by atoms with E-state index in [0.717, 1.165) is 31.8 Å².